The van der Waals surface area contributed by atoms with Gasteiger partial charge in [0.2, 0.25) is 11.8 Å². The number of aromatic carboxylic acids is 1. The van der Waals surface area contributed by atoms with Gasteiger partial charge in [0.05, 0.1) is 19.2 Å². The first-order chi connectivity index (χ1) is 8.95. The molecule has 1 rings (SSSR count). The molecule has 0 fully saturated rings. The van der Waals surface area contributed by atoms with Crippen molar-refractivity contribution >= 4 is 17.8 Å². The van der Waals surface area contributed by atoms with Crippen LogP contribution in [0.3, 0.4) is 0 Å². The third-order valence-corrected chi connectivity index (χ3v) is 2.63. The minimum absolute atomic E-state index is 0.0489. The largest absolute Gasteiger partial charge is 0.478 e. The van der Waals surface area contributed by atoms with Gasteiger partial charge in [-0.3, -0.25) is 9.59 Å². The zero-order chi connectivity index (χ0) is 14.4. The molecular weight excluding hydrogens is 252 g/mol. The Balaban J connectivity index is 2.50. The zero-order valence-electron chi connectivity index (χ0n) is 10.8. The molecule has 0 saturated heterocycles. The fourth-order valence-electron chi connectivity index (χ4n) is 1.36. The Hall–Kier alpha value is -2.31. The van der Waals surface area contributed by atoms with Gasteiger partial charge in [0.15, 0.2) is 0 Å². The van der Waals surface area contributed by atoms with Crippen molar-refractivity contribution in [2.75, 3.05) is 20.1 Å². The van der Waals surface area contributed by atoms with Crippen molar-refractivity contribution in [1.82, 2.24) is 10.2 Å². The van der Waals surface area contributed by atoms with E-state index in [0.29, 0.717) is 6.54 Å². The summed E-state index contributed by atoms with van der Waals surface area (Å²) in [6, 6.07) is 1.28. The van der Waals surface area contributed by atoms with Crippen LogP contribution in [-0.4, -0.2) is 47.9 Å². The lowest BCUT2D eigenvalue weighted by molar-refractivity contribution is -0.131. The molecule has 0 atom stereocenters. The number of carbonyl (C=O) groups excluding carboxylic acids is 2. The second-order valence-electron chi connectivity index (χ2n) is 3.92. The van der Waals surface area contributed by atoms with Gasteiger partial charge in [-0.1, -0.05) is 0 Å². The van der Waals surface area contributed by atoms with Crippen LogP contribution in [0.25, 0.3) is 0 Å². The smallest absolute Gasteiger partial charge is 0.339 e. The number of hydrogen-bond acceptors (Lipinski definition) is 4. The van der Waals surface area contributed by atoms with Crippen molar-refractivity contribution < 1.29 is 23.9 Å². The summed E-state index contributed by atoms with van der Waals surface area (Å²) >= 11 is 0. The predicted molar refractivity (Wildman–Crippen MR) is 65.7 cm³/mol. The molecule has 0 aliphatic rings. The normalized spacial score (nSPS) is 10.0. The second kappa shape index (κ2) is 6.58. The molecule has 0 unspecified atom stereocenters. The van der Waals surface area contributed by atoms with Crippen molar-refractivity contribution in [1.29, 1.82) is 0 Å². The van der Waals surface area contributed by atoms with Gasteiger partial charge in [0.25, 0.3) is 0 Å². The number of hydrogen-bond donors (Lipinski definition) is 2. The Kier molecular flexibility index (Phi) is 5.11. The predicted octanol–water partition coefficient (Wildman–Crippen LogP) is 0.115. The average molecular weight is 268 g/mol. The maximum atomic E-state index is 11.6. The summed E-state index contributed by atoms with van der Waals surface area (Å²) in [7, 11) is 1.63. The highest BCUT2D eigenvalue weighted by molar-refractivity contribution is 5.91. The van der Waals surface area contributed by atoms with Crippen LogP contribution in [0.1, 0.15) is 23.0 Å². The highest BCUT2D eigenvalue weighted by atomic mass is 16.4. The molecule has 1 heterocycles. The van der Waals surface area contributed by atoms with E-state index in [0.717, 1.165) is 0 Å². The molecule has 0 radical (unpaired) electrons. The molecule has 1 aromatic heterocycles. The van der Waals surface area contributed by atoms with Crippen LogP contribution in [0.5, 0.6) is 0 Å². The van der Waals surface area contributed by atoms with E-state index in [1.807, 2.05) is 6.92 Å². The molecular formula is C12H16N2O5. The quantitative estimate of drug-likeness (QED) is 0.763. The van der Waals surface area contributed by atoms with E-state index in [2.05, 4.69) is 5.32 Å². The standard InChI is InChI=1S/C12H16N2O5/c1-3-14(2)11(16)7-13-10(15)6-9-8(12(17)18)4-5-19-9/h4-5H,3,6-7H2,1-2H3,(H,13,15)(H,17,18). The Labute approximate surface area is 110 Å². The molecule has 2 N–H and O–H groups in total. The molecule has 7 heteroatoms. The van der Waals surface area contributed by atoms with Crippen LogP contribution in [0.2, 0.25) is 0 Å². The first kappa shape index (κ1) is 14.7. The molecule has 19 heavy (non-hydrogen) atoms. The van der Waals surface area contributed by atoms with E-state index in [4.69, 9.17) is 9.52 Å². The van der Waals surface area contributed by atoms with Crippen molar-refractivity contribution in [3.05, 3.63) is 23.7 Å². The number of nitrogens with zero attached hydrogens (tertiary/aromatic N) is 1. The topological polar surface area (TPSA) is 99.9 Å². The molecule has 0 aliphatic carbocycles. The highest BCUT2D eigenvalue weighted by Gasteiger charge is 2.17. The van der Waals surface area contributed by atoms with Gasteiger partial charge in [0.1, 0.15) is 11.3 Å². The summed E-state index contributed by atoms with van der Waals surface area (Å²) in [5.41, 5.74) is -0.0489. The molecule has 0 aliphatic heterocycles. The number of furan rings is 1. The summed E-state index contributed by atoms with van der Waals surface area (Å²) in [5.74, 6) is -1.76. The van der Waals surface area contributed by atoms with Crippen LogP contribution in [0.4, 0.5) is 0 Å². The fourth-order valence-corrected chi connectivity index (χ4v) is 1.36. The van der Waals surface area contributed by atoms with Gasteiger partial charge in [-0.05, 0) is 13.0 Å². The summed E-state index contributed by atoms with van der Waals surface area (Å²) in [6.07, 6.45) is 1.000. The third-order valence-electron chi connectivity index (χ3n) is 2.63. The lowest BCUT2D eigenvalue weighted by Crippen LogP contribution is -2.38. The van der Waals surface area contributed by atoms with E-state index >= 15 is 0 Å². The fraction of sp³-hybridized carbons (Fsp3) is 0.417. The first-order valence-electron chi connectivity index (χ1n) is 5.76. The SMILES string of the molecule is CCN(C)C(=O)CNC(=O)Cc1occc1C(=O)O. The van der Waals surface area contributed by atoms with Crippen molar-refractivity contribution in [3.63, 3.8) is 0 Å². The summed E-state index contributed by atoms with van der Waals surface area (Å²) < 4.78 is 4.94. The van der Waals surface area contributed by atoms with E-state index in [-0.39, 0.29) is 30.2 Å². The van der Waals surface area contributed by atoms with E-state index in [1.54, 1.807) is 7.05 Å². The monoisotopic (exact) mass is 268 g/mol. The molecule has 0 saturated carbocycles. The van der Waals surface area contributed by atoms with Crippen LogP contribution < -0.4 is 5.32 Å². The van der Waals surface area contributed by atoms with Gasteiger partial charge in [0, 0.05) is 13.6 Å². The van der Waals surface area contributed by atoms with Gasteiger partial charge >= 0.3 is 5.97 Å². The highest BCUT2D eigenvalue weighted by Crippen LogP contribution is 2.11. The minimum atomic E-state index is -1.15. The van der Waals surface area contributed by atoms with E-state index in [1.165, 1.54) is 17.2 Å². The Morgan fingerprint density at radius 3 is 2.68 bits per heavy atom. The van der Waals surface area contributed by atoms with Gasteiger partial charge in [-0.15, -0.1) is 0 Å². The molecule has 7 nitrogen and oxygen atoms in total. The second-order valence-corrected chi connectivity index (χ2v) is 3.92. The van der Waals surface area contributed by atoms with Crippen molar-refractivity contribution in [3.8, 4) is 0 Å². The lowest BCUT2D eigenvalue weighted by atomic mass is 10.2. The number of amides is 2. The third kappa shape index (κ3) is 4.13. The number of rotatable bonds is 6. The van der Waals surface area contributed by atoms with E-state index < -0.39 is 11.9 Å². The lowest BCUT2D eigenvalue weighted by Gasteiger charge is -2.14. The minimum Gasteiger partial charge on any atom is -0.478 e. The Bertz CT molecular complexity index is 480. The van der Waals surface area contributed by atoms with Crippen LogP contribution in [0, 0.1) is 0 Å². The Morgan fingerprint density at radius 2 is 2.11 bits per heavy atom. The number of carboxylic acid groups (broad SMARTS) is 1. The molecule has 0 spiro atoms. The molecule has 1 aromatic rings. The van der Waals surface area contributed by atoms with Crippen LogP contribution in [-0.2, 0) is 16.0 Å². The number of carboxylic acids is 1. The van der Waals surface area contributed by atoms with Crippen molar-refractivity contribution in [2.45, 2.75) is 13.3 Å². The van der Waals surface area contributed by atoms with Crippen LogP contribution >= 0.6 is 0 Å². The molecule has 0 bridgehead atoms. The molecule has 0 aromatic carbocycles. The number of likely N-dealkylation sites (N-methyl/N-ethyl adjacent to an activating group) is 1. The van der Waals surface area contributed by atoms with Gasteiger partial charge in [-0.25, -0.2) is 4.79 Å². The Morgan fingerprint density at radius 1 is 1.42 bits per heavy atom. The molecule has 2 amide bonds. The summed E-state index contributed by atoms with van der Waals surface area (Å²) in [4.78, 5) is 35.3. The van der Waals surface area contributed by atoms with Crippen LogP contribution in [0.15, 0.2) is 16.7 Å². The van der Waals surface area contributed by atoms with Gasteiger partial charge < -0.3 is 19.7 Å². The maximum Gasteiger partial charge on any atom is 0.339 e. The maximum absolute atomic E-state index is 11.6. The number of nitrogens with one attached hydrogen (secondary N) is 1. The summed E-state index contributed by atoms with van der Waals surface area (Å²) in [5, 5.41) is 11.3. The van der Waals surface area contributed by atoms with E-state index in [9.17, 15) is 14.4 Å². The number of carbonyl (C=O) groups is 3. The zero-order valence-corrected chi connectivity index (χ0v) is 10.8. The van der Waals surface area contributed by atoms with Gasteiger partial charge in [-0.2, -0.15) is 0 Å². The molecule has 104 valence electrons. The average Bonchev–Trinajstić information content (AvgIpc) is 2.83. The first-order valence-corrected chi connectivity index (χ1v) is 5.76. The summed E-state index contributed by atoms with van der Waals surface area (Å²) in [6.45, 7) is 2.25. The van der Waals surface area contributed by atoms with Crippen molar-refractivity contribution in [2.24, 2.45) is 0 Å².